The van der Waals surface area contributed by atoms with Crippen LogP contribution in [0.5, 0.6) is 0 Å². The number of hydrogen-bond acceptors (Lipinski definition) is 2. The lowest BCUT2D eigenvalue weighted by Crippen LogP contribution is -2.07. The van der Waals surface area contributed by atoms with Gasteiger partial charge in [-0.25, -0.2) is 22.0 Å². The van der Waals surface area contributed by atoms with Crippen LogP contribution >= 0.6 is 7.60 Å². The molecule has 2 N–H and O–H groups in total. The standard InChI is InChI=1S/C18H15O3P.C7HF5O/c19-22(20,21)18-9-5-4-8-17(18)16-12-10-15(11-13-16)14-6-2-1-3-7-14;8-3-2(1-13)4(9)6(11)7(12)5(3)10/h1-13H,(H2,19,20,21);1H. The van der Waals surface area contributed by atoms with E-state index in [1.54, 1.807) is 18.2 Å². The minimum Gasteiger partial charge on any atom is -0.321 e. The fourth-order valence-corrected chi connectivity index (χ4v) is 3.97. The Morgan fingerprint density at radius 1 is 0.571 bits per heavy atom. The van der Waals surface area contributed by atoms with Crippen LogP contribution in [0.15, 0.2) is 78.9 Å². The lowest BCUT2D eigenvalue weighted by atomic mass is 10.0. The van der Waals surface area contributed by atoms with Crippen LogP contribution in [0.2, 0.25) is 0 Å². The third-order valence-electron chi connectivity index (χ3n) is 4.88. The van der Waals surface area contributed by atoms with Crippen molar-refractivity contribution in [2.24, 2.45) is 0 Å². The largest absolute Gasteiger partial charge is 0.356 e. The van der Waals surface area contributed by atoms with Crippen LogP contribution in [0.1, 0.15) is 10.4 Å². The van der Waals surface area contributed by atoms with Gasteiger partial charge in [0.2, 0.25) is 5.82 Å². The summed E-state index contributed by atoms with van der Waals surface area (Å²) in [5, 5.41) is 0.0578. The van der Waals surface area contributed by atoms with Crippen molar-refractivity contribution in [1.82, 2.24) is 0 Å². The first-order valence-electron chi connectivity index (χ1n) is 9.83. The molecule has 0 aliphatic carbocycles. The summed E-state index contributed by atoms with van der Waals surface area (Å²) in [7, 11) is -4.29. The average Bonchev–Trinajstić information content (AvgIpc) is 2.87. The topological polar surface area (TPSA) is 74.6 Å². The second kappa shape index (κ2) is 10.7. The summed E-state index contributed by atoms with van der Waals surface area (Å²) in [4.78, 5) is 28.9. The molecule has 0 amide bonds. The van der Waals surface area contributed by atoms with Crippen LogP contribution in [0, 0.1) is 29.1 Å². The molecular formula is C25H16F5O4P. The molecule has 0 bridgehead atoms. The van der Waals surface area contributed by atoms with Gasteiger partial charge < -0.3 is 9.79 Å². The number of halogens is 5. The molecule has 0 saturated carbocycles. The molecule has 4 aromatic rings. The van der Waals surface area contributed by atoms with Crippen molar-refractivity contribution in [3.8, 4) is 22.3 Å². The minimum absolute atomic E-state index is 0.0578. The second-order valence-electron chi connectivity index (χ2n) is 7.11. The van der Waals surface area contributed by atoms with E-state index in [1.807, 2.05) is 54.6 Å². The van der Waals surface area contributed by atoms with Gasteiger partial charge in [0.05, 0.1) is 10.9 Å². The minimum atomic E-state index is -4.29. The molecule has 0 fully saturated rings. The lowest BCUT2D eigenvalue weighted by molar-refractivity contribution is 0.111. The van der Waals surface area contributed by atoms with Crippen molar-refractivity contribution in [1.29, 1.82) is 0 Å². The lowest BCUT2D eigenvalue weighted by Gasteiger charge is -2.11. The Labute approximate surface area is 196 Å². The second-order valence-corrected chi connectivity index (χ2v) is 8.68. The summed E-state index contributed by atoms with van der Waals surface area (Å²) in [6, 6.07) is 24.3. The van der Waals surface area contributed by atoms with Gasteiger partial charge in [-0.2, -0.15) is 0 Å². The normalized spacial score (nSPS) is 10.9. The molecule has 0 spiro atoms. The molecule has 0 aliphatic rings. The molecule has 0 aliphatic heterocycles. The Morgan fingerprint density at radius 3 is 1.51 bits per heavy atom. The third-order valence-corrected chi connectivity index (χ3v) is 5.90. The summed E-state index contributed by atoms with van der Waals surface area (Å²) in [6.45, 7) is 0. The molecule has 4 aromatic carbocycles. The van der Waals surface area contributed by atoms with E-state index in [2.05, 4.69) is 0 Å². The predicted octanol–water partition coefficient (Wildman–Crippen LogP) is 6.02. The summed E-state index contributed by atoms with van der Waals surface area (Å²) in [6.07, 6.45) is -0.434. The maximum Gasteiger partial charge on any atom is 0.356 e. The third kappa shape index (κ3) is 5.71. The number of benzene rings is 4. The number of carbonyl (C=O) groups excluding carboxylic acids is 1. The maximum absolute atomic E-state index is 12.5. The van der Waals surface area contributed by atoms with Gasteiger partial charge in [-0.15, -0.1) is 0 Å². The molecular weight excluding hydrogens is 490 g/mol. The number of rotatable bonds is 4. The first-order valence-corrected chi connectivity index (χ1v) is 11.4. The smallest absolute Gasteiger partial charge is 0.321 e. The van der Waals surface area contributed by atoms with Crippen LogP contribution in [-0.4, -0.2) is 16.1 Å². The molecule has 4 nitrogen and oxygen atoms in total. The molecule has 10 heteroatoms. The highest BCUT2D eigenvalue weighted by molar-refractivity contribution is 7.60. The number of hydrogen-bond donors (Lipinski definition) is 2. The zero-order valence-corrected chi connectivity index (χ0v) is 18.5. The fourth-order valence-electron chi connectivity index (χ4n) is 3.17. The van der Waals surface area contributed by atoms with Gasteiger partial charge in [-0.05, 0) is 28.3 Å². The van der Waals surface area contributed by atoms with Crippen molar-refractivity contribution < 1.29 is 41.1 Å². The van der Waals surface area contributed by atoms with E-state index in [1.165, 1.54) is 6.07 Å². The predicted molar refractivity (Wildman–Crippen MR) is 121 cm³/mol. The SMILES string of the molecule is O=Cc1c(F)c(F)c(F)c(F)c1F.O=P(O)(O)c1ccccc1-c1ccc(-c2ccccc2)cc1. The van der Waals surface area contributed by atoms with Crippen LogP contribution in [-0.2, 0) is 4.57 Å². The summed E-state index contributed by atoms with van der Waals surface area (Å²) in [5.74, 6) is -10.8. The van der Waals surface area contributed by atoms with E-state index in [0.29, 0.717) is 5.56 Å². The van der Waals surface area contributed by atoms with Crippen LogP contribution in [0.25, 0.3) is 22.3 Å². The van der Waals surface area contributed by atoms with Crippen molar-refractivity contribution in [3.05, 3.63) is 114 Å². The molecule has 0 atom stereocenters. The molecule has 0 unspecified atom stereocenters. The van der Waals surface area contributed by atoms with Crippen molar-refractivity contribution in [3.63, 3.8) is 0 Å². The van der Waals surface area contributed by atoms with Crippen molar-refractivity contribution in [2.45, 2.75) is 0 Å². The zero-order valence-electron chi connectivity index (χ0n) is 17.6. The number of carbonyl (C=O) groups is 1. The van der Waals surface area contributed by atoms with E-state index in [4.69, 9.17) is 0 Å². The molecule has 0 heterocycles. The Bertz CT molecular complexity index is 1370. The van der Waals surface area contributed by atoms with E-state index < -0.39 is 48.5 Å². The van der Waals surface area contributed by atoms with Gasteiger partial charge in [-0.1, -0.05) is 72.8 Å². The molecule has 0 saturated heterocycles. The fraction of sp³-hybridized carbons (Fsp3) is 0. The van der Waals surface area contributed by atoms with Gasteiger partial charge >= 0.3 is 7.60 Å². The van der Waals surface area contributed by atoms with Gasteiger partial charge in [0.15, 0.2) is 29.6 Å². The van der Waals surface area contributed by atoms with E-state index >= 15 is 0 Å². The molecule has 4 rings (SSSR count). The van der Waals surface area contributed by atoms with Gasteiger partial charge in [-0.3, -0.25) is 9.36 Å². The highest BCUT2D eigenvalue weighted by Crippen LogP contribution is 2.38. The quantitative estimate of drug-likeness (QED) is 0.117. The van der Waals surface area contributed by atoms with Crippen molar-refractivity contribution >= 4 is 19.2 Å². The Morgan fingerprint density at radius 2 is 1.00 bits per heavy atom. The summed E-state index contributed by atoms with van der Waals surface area (Å²) < 4.78 is 73.3. The summed E-state index contributed by atoms with van der Waals surface area (Å²) in [5.41, 5.74) is 2.07. The van der Waals surface area contributed by atoms with Crippen LogP contribution in [0.3, 0.4) is 0 Å². The molecule has 0 aromatic heterocycles. The first-order chi connectivity index (χ1) is 16.6. The van der Waals surface area contributed by atoms with Gasteiger partial charge in [0.1, 0.15) is 0 Å². The van der Waals surface area contributed by atoms with Crippen LogP contribution < -0.4 is 5.30 Å². The molecule has 0 radical (unpaired) electrons. The molecule has 180 valence electrons. The molecule has 35 heavy (non-hydrogen) atoms. The van der Waals surface area contributed by atoms with E-state index in [9.17, 15) is 41.1 Å². The van der Waals surface area contributed by atoms with Crippen LogP contribution in [0.4, 0.5) is 22.0 Å². The Kier molecular flexibility index (Phi) is 7.96. The highest BCUT2D eigenvalue weighted by Gasteiger charge is 2.25. The van der Waals surface area contributed by atoms with Gasteiger partial charge in [0, 0.05) is 0 Å². The first kappa shape index (κ1) is 26.0. The van der Waals surface area contributed by atoms with E-state index in [-0.39, 0.29) is 5.30 Å². The average molecular weight is 506 g/mol. The Balaban J connectivity index is 0.000000225. The number of aldehydes is 1. The monoisotopic (exact) mass is 506 g/mol. The maximum atomic E-state index is 12.5. The highest BCUT2D eigenvalue weighted by atomic mass is 31.2. The van der Waals surface area contributed by atoms with Gasteiger partial charge in [0.25, 0.3) is 0 Å². The van der Waals surface area contributed by atoms with Crippen molar-refractivity contribution in [2.75, 3.05) is 0 Å². The Hall–Kier alpha value is -3.65. The zero-order chi connectivity index (χ0) is 25.8. The summed E-state index contributed by atoms with van der Waals surface area (Å²) >= 11 is 0. The van der Waals surface area contributed by atoms with E-state index in [0.717, 1.165) is 16.7 Å².